The van der Waals surface area contributed by atoms with Gasteiger partial charge in [-0.05, 0) is 37.1 Å². The third kappa shape index (κ3) is 3.89. The molecule has 0 spiro atoms. The third-order valence-corrected chi connectivity index (χ3v) is 5.13. The monoisotopic (exact) mass is 403 g/mol. The van der Waals surface area contributed by atoms with E-state index < -0.39 is 0 Å². The maximum Gasteiger partial charge on any atom is 0.238 e. The molecule has 1 aromatic carbocycles. The summed E-state index contributed by atoms with van der Waals surface area (Å²) in [7, 11) is 0. The van der Waals surface area contributed by atoms with Crippen molar-refractivity contribution in [1.82, 2.24) is 19.7 Å². The molecule has 4 aromatic rings. The lowest BCUT2D eigenvalue weighted by Crippen LogP contribution is -2.12. The Kier molecular flexibility index (Phi) is 4.88. The summed E-state index contributed by atoms with van der Waals surface area (Å²) < 4.78 is 12.7. The largest absolute Gasteiger partial charge is 0.461 e. The van der Waals surface area contributed by atoms with Crippen LogP contribution < -0.4 is 5.32 Å². The molecule has 1 amide bonds. The number of anilines is 1. The van der Waals surface area contributed by atoms with Crippen molar-refractivity contribution in [2.24, 2.45) is 0 Å². The van der Waals surface area contributed by atoms with Crippen LogP contribution in [0.3, 0.4) is 0 Å². The summed E-state index contributed by atoms with van der Waals surface area (Å²) in [5, 5.41) is 6.81. The smallest absolute Gasteiger partial charge is 0.238 e. The molecule has 30 heavy (non-hydrogen) atoms. The number of carbonyl (C=O) groups excluding carboxylic acids is 1. The Morgan fingerprint density at radius 3 is 3.00 bits per heavy atom. The molecule has 5 rings (SSSR count). The molecule has 0 radical (unpaired) electrons. The quantitative estimate of drug-likeness (QED) is 0.520. The van der Waals surface area contributed by atoms with Crippen molar-refractivity contribution < 1.29 is 13.7 Å². The van der Waals surface area contributed by atoms with E-state index in [-0.39, 0.29) is 12.3 Å². The van der Waals surface area contributed by atoms with Gasteiger partial charge in [0, 0.05) is 43.3 Å². The van der Waals surface area contributed by atoms with Crippen molar-refractivity contribution in [3.05, 3.63) is 60.6 Å². The zero-order chi connectivity index (χ0) is 20.3. The van der Waals surface area contributed by atoms with Gasteiger partial charge in [-0.15, -0.1) is 0 Å². The summed E-state index contributed by atoms with van der Waals surface area (Å²) in [6.45, 7) is 1.02. The highest BCUT2D eigenvalue weighted by atomic mass is 16.5. The number of hydrogen-bond donors (Lipinski definition) is 1. The molecule has 0 fully saturated rings. The molecule has 0 bridgehead atoms. The first kappa shape index (κ1) is 18.4. The van der Waals surface area contributed by atoms with Crippen molar-refractivity contribution in [2.75, 3.05) is 5.32 Å². The maximum atomic E-state index is 12.4. The molecule has 4 heterocycles. The zero-order valence-corrected chi connectivity index (χ0v) is 16.4. The van der Waals surface area contributed by atoms with E-state index in [2.05, 4.69) is 26.2 Å². The van der Waals surface area contributed by atoms with Crippen molar-refractivity contribution in [3.8, 4) is 22.8 Å². The molecule has 8 heteroatoms. The van der Waals surface area contributed by atoms with Crippen LogP contribution in [0.5, 0.6) is 0 Å². The van der Waals surface area contributed by atoms with E-state index in [1.165, 1.54) is 12.8 Å². The summed E-state index contributed by atoms with van der Waals surface area (Å²) in [4.78, 5) is 21.4. The number of benzene rings is 1. The molecule has 0 saturated heterocycles. The summed E-state index contributed by atoms with van der Waals surface area (Å²) in [6.07, 6.45) is 7.65. The first-order valence-electron chi connectivity index (χ1n) is 10.1. The molecule has 3 aromatic heterocycles. The van der Waals surface area contributed by atoms with Crippen LogP contribution in [0.2, 0.25) is 0 Å². The normalized spacial score (nSPS) is 13.2. The number of nitrogens with one attached hydrogen (secondary N) is 1. The predicted molar refractivity (Wildman–Crippen MR) is 110 cm³/mol. The van der Waals surface area contributed by atoms with Gasteiger partial charge in [0.25, 0.3) is 0 Å². The lowest BCUT2D eigenvalue weighted by Gasteiger charge is -2.11. The van der Waals surface area contributed by atoms with E-state index in [4.69, 9.17) is 13.9 Å². The van der Waals surface area contributed by atoms with Crippen LogP contribution in [-0.4, -0.2) is 25.6 Å². The van der Waals surface area contributed by atoms with E-state index >= 15 is 0 Å². The maximum absolute atomic E-state index is 12.4. The van der Waals surface area contributed by atoms with Crippen LogP contribution in [0.25, 0.3) is 22.8 Å². The molecular formula is C22H21N5O3. The van der Waals surface area contributed by atoms with Gasteiger partial charge < -0.3 is 18.8 Å². The lowest BCUT2D eigenvalue weighted by molar-refractivity contribution is -0.116. The summed E-state index contributed by atoms with van der Waals surface area (Å²) >= 11 is 0. The number of imidazole rings is 1. The molecule has 8 nitrogen and oxygen atoms in total. The van der Waals surface area contributed by atoms with Crippen molar-refractivity contribution >= 4 is 11.6 Å². The highest BCUT2D eigenvalue weighted by Crippen LogP contribution is 2.25. The van der Waals surface area contributed by atoms with Crippen molar-refractivity contribution in [1.29, 1.82) is 0 Å². The first-order valence-corrected chi connectivity index (χ1v) is 10.1. The van der Waals surface area contributed by atoms with E-state index in [9.17, 15) is 4.79 Å². The number of furan rings is 1. The van der Waals surface area contributed by atoms with Crippen LogP contribution in [0.4, 0.5) is 5.69 Å². The van der Waals surface area contributed by atoms with Gasteiger partial charge in [0.1, 0.15) is 5.82 Å². The molecule has 152 valence electrons. The van der Waals surface area contributed by atoms with Gasteiger partial charge in [-0.2, -0.15) is 4.98 Å². The fourth-order valence-corrected chi connectivity index (χ4v) is 3.61. The Morgan fingerprint density at radius 2 is 2.13 bits per heavy atom. The number of fused-ring (bicyclic) bond motifs is 1. The van der Waals surface area contributed by atoms with Crippen molar-refractivity contribution in [3.63, 3.8) is 0 Å². The van der Waals surface area contributed by atoms with Crippen LogP contribution in [-0.2, 0) is 24.2 Å². The number of rotatable bonds is 6. The van der Waals surface area contributed by atoms with Crippen LogP contribution in [0.15, 0.2) is 57.8 Å². The number of amides is 1. The van der Waals surface area contributed by atoms with Crippen LogP contribution >= 0.6 is 0 Å². The average molecular weight is 403 g/mol. The molecule has 0 atom stereocenters. The molecular weight excluding hydrogens is 382 g/mol. The molecule has 1 aliphatic rings. The number of carbonyl (C=O) groups is 1. The summed E-state index contributed by atoms with van der Waals surface area (Å²) in [6, 6.07) is 11.3. The Labute approximate surface area is 172 Å². The minimum atomic E-state index is -0.117. The predicted octanol–water partition coefficient (Wildman–Crippen LogP) is 4.10. The summed E-state index contributed by atoms with van der Waals surface area (Å²) in [5.74, 6) is 2.33. The Hall–Kier alpha value is -3.68. The standard InChI is InChI=1S/C22H21N5O3/c28-20(9-10-21-25-22(26-30-21)18-7-4-12-29-18)23-16-6-3-5-15(13-16)17-14-27-11-2-1-8-19(27)24-17/h3-7,12-14H,1-2,8-11H2,(H,23,28). The number of hydrogen-bond acceptors (Lipinski definition) is 6. The van der Waals surface area contributed by atoms with Gasteiger partial charge in [0.2, 0.25) is 17.6 Å². The van der Waals surface area contributed by atoms with Gasteiger partial charge in [0.15, 0.2) is 5.76 Å². The second-order valence-electron chi connectivity index (χ2n) is 7.31. The van der Waals surface area contributed by atoms with Gasteiger partial charge in [-0.1, -0.05) is 17.3 Å². The van der Waals surface area contributed by atoms with Gasteiger partial charge in [-0.3, -0.25) is 4.79 Å². The van der Waals surface area contributed by atoms with Crippen LogP contribution in [0, 0.1) is 0 Å². The molecule has 1 N–H and O–H groups in total. The van der Waals surface area contributed by atoms with E-state index in [0.29, 0.717) is 23.9 Å². The molecule has 1 aliphatic heterocycles. The topological polar surface area (TPSA) is 99.0 Å². The Morgan fingerprint density at radius 1 is 1.17 bits per heavy atom. The highest BCUT2D eigenvalue weighted by molar-refractivity contribution is 5.91. The molecule has 0 saturated carbocycles. The van der Waals surface area contributed by atoms with Crippen LogP contribution in [0.1, 0.15) is 31.0 Å². The zero-order valence-electron chi connectivity index (χ0n) is 16.4. The fourth-order valence-electron chi connectivity index (χ4n) is 3.61. The van der Waals surface area contributed by atoms with Gasteiger partial charge in [-0.25, -0.2) is 4.98 Å². The summed E-state index contributed by atoms with van der Waals surface area (Å²) in [5.41, 5.74) is 2.68. The SMILES string of the molecule is O=C(CCc1nc(-c2ccco2)no1)Nc1cccc(-c2cn3c(n2)CCCC3)c1. The minimum absolute atomic E-state index is 0.117. The van der Waals surface area contributed by atoms with Gasteiger partial charge >= 0.3 is 0 Å². The minimum Gasteiger partial charge on any atom is -0.461 e. The molecule has 0 aliphatic carbocycles. The van der Waals surface area contributed by atoms with Gasteiger partial charge in [0.05, 0.1) is 12.0 Å². The number of aryl methyl sites for hydroxylation is 3. The fraction of sp³-hybridized carbons (Fsp3) is 0.273. The Bertz CT molecular complexity index is 1140. The number of aromatic nitrogens is 4. The third-order valence-electron chi connectivity index (χ3n) is 5.13. The molecule has 0 unspecified atom stereocenters. The first-order chi connectivity index (χ1) is 14.7. The van der Waals surface area contributed by atoms with E-state index in [1.807, 2.05) is 24.3 Å². The lowest BCUT2D eigenvalue weighted by atomic mass is 10.1. The van der Waals surface area contributed by atoms with Crippen molar-refractivity contribution in [2.45, 2.75) is 38.6 Å². The van der Waals surface area contributed by atoms with E-state index in [1.54, 1.807) is 18.4 Å². The second kappa shape index (κ2) is 7.98. The average Bonchev–Trinajstić information content (AvgIpc) is 3.52. The highest BCUT2D eigenvalue weighted by Gasteiger charge is 2.15. The Balaban J connectivity index is 1.21. The second-order valence-corrected chi connectivity index (χ2v) is 7.31. The number of nitrogens with zero attached hydrogens (tertiary/aromatic N) is 4. The van der Waals surface area contributed by atoms with E-state index in [0.717, 1.165) is 35.7 Å².